The fourth-order valence-corrected chi connectivity index (χ4v) is 2.74. The molecule has 0 spiro atoms. The molecule has 0 radical (unpaired) electrons. The average Bonchev–Trinajstić information content (AvgIpc) is 2.98. The second-order valence-corrected chi connectivity index (χ2v) is 5.78. The molecular weight excluding hydrogens is 325 g/mol. The van der Waals surface area contributed by atoms with Gasteiger partial charge in [-0.2, -0.15) is 0 Å². The maximum absolute atomic E-state index is 13.0. The molecule has 3 aromatic rings. The first-order valence-electron chi connectivity index (χ1n) is 7.48. The van der Waals surface area contributed by atoms with Crippen LogP contribution in [0.3, 0.4) is 0 Å². The first-order chi connectivity index (χ1) is 11.6. The number of rotatable bonds is 4. The molecule has 0 saturated carbocycles. The molecule has 0 aliphatic carbocycles. The van der Waals surface area contributed by atoms with Crippen molar-refractivity contribution < 1.29 is 9.18 Å². The van der Waals surface area contributed by atoms with Crippen LogP contribution >= 0.6 is 12.2 Å². The number of H-pyrrole nitrogens is 1. The van der Waals surface area contributed by atoms with Crippen molar-refractivity contribution in [2.75, 3.05) is 0 Å². The van der Waals surface area contributed by atoms with Gasteiger partial charge >= 0.3 is 0 Å². The van der Waals surface area contributed by atoms with E-state index in [0.717, 1.165) is 11.3 Å². The third-order valence-electron chi connectivity index (χ3n) is 3.74. The van der Waals surface area contributed by atoms with Crippen molar-refractivity contribution in [1.29, 1.82) is 0 Å². The smallest absolute Gasteiger partial charge is 0.270 e. The van der Waals surface area contributed by atoms with Crippen LogP contribution in [0.15, 0.2) is 60.8 Å². The first kappa shape index (κ1) is 16.1. The number of aromatic nitrogens is 2. The van der Waals surface area contributed by atoms with Gasteiger partial charge in [-0.1, -0.05) is 30.3 Å². The maximum Gasteiger partial charge on any atom is 0.270 e. The minimum Gasteiger partial charge on any atom is -0.344 e. The van der Waals surface area contributed by atoms with Gasteiger partial charge in [-0.15, -0.1) is 0 Å². The Balaban J connectivity index is 1.86. The molecule has 4 nitrogen and oxygen atoms in total. The Labute approximate surface area is 144 Å². The number of carbonyl (C=O) groups excluding carboxylic acids is 1. The van der Waals surface area contributed by atoms with Crippen molar-refractivity contribution in [2.45, 2.75) is 13.0 Å². The number of para-hydroxylation sites is 1. The minimum atomic E-state index is -0.305. The van der Waals surface area contributed by atoms with Crippen molar-refractivity contribution in [3.8, 4) is 5.69 Å². The molecule has 1 amide bonds. The summed E-state index contributed by atoms with van der Waals surface area (Å²) in [5.41, 5.74) is 2.05. The van der Waals surface area contributed by atoms with Gasteiger partial charge in [-0.25, -0.2) is 4.39 Å². The van der Waals surface area contributed by atoms with E-state index in [1.54, 1.807) is 22.9 Å². The highest BCUT2D eigenvalue weighted by atomic mass is 32.1. The summed E-state index contributed by atoms with van der Waals surface area (Å²) in [4.78, 5) is 15.5. The highest BCUT2D eigenvalue weighted by Crippen LogP contribution is 2.16. The molecule has 122 valence electrons. The van der Waals surface area contributed by atoms with Crippen LogP contribution in [0.5, 0.6) is 0 Å². The van der Waals surface area contributed by atoms with Gasteiger partial charge in [-0.3, -0.25) is 9.36 Å². The Morgan fingerprint density at radius 2 is 1.83 bits per heavy atom. The van der Waals surface area contributed by atoms with Crippen LogP contribution < -0.4 is 5.32 Å². The van der Waals surface area contributed by atoms with Gasteiger partial charge in [-0.05, 0) is 49.0 Å². The normalized spacial score (nSPS) is 11.9. The fraction of sp³-hybridized carbons (Fsp3) is 0.111. The zero-order chi connectivity index (χ0) is 17.1. The lowest BCUT2D eigenvalue weighted by atomic mass is 10.1. The quantitative estimate of drug-likeness (QED) is 0.700. The van der Waals surface area contributed by atoms with Crippen molar-refractivity contribution in [2.24, 2.45) is 0 Å². The zero-order valence-corrected chi connectivity index (χ0v) is 13.8. The number of hydrogen-bond donors (Lipinski definition) is 2. The van der Waals surface area contributed by atoms with Crippen LogP contribution in [-0.2, 0) is 0 Å². The standard InChI is InChI=1S/C18H16FN3OS/c1-12(13-7-9-14(19)10-8-13)21-17(23)16-11-20-18(24)22(16)15-5-3-2-4-6-15/h2-12H,1H3,(H,20,24)(H,21,23). The average molecular weight is 341 g/mol. The lowest BCUT2D eigenvalue weighted by molar-refractivity contribution is 0.0933. The van der Waals surface area contributed by atoms with Crippen LogP contribution in [0.4, 0.5) is 4.39 Å². The summed E-state index contributed by atoms with van der Waals surface area (Å²) in [6, 6.07) is 15.2. The number of amides is 1. The lowest BCUT2D eigenvalue weighted by Gasteiger charge is -2.15. The van der Waals surface area contributed by atoms with Crippen molar-refractivity contribution >= 4 is 18.1 Å². The Bertz CT molecular complexity index is 900. The number of halogens is 1. The third kappa shape index (κ3) is 3.28. The molecule has 1 atom stereocenters. The Kier molecular flexibility index (Phi) is 4.57. The van der Waals surface area contributed by atoms with E-state index in [2.05, 4.69) is 10.3 Å². The monoisotopic (exact) mass is 341 g/mol. The summed E-state index contributed by atoms with van der Waals surface area (Å²) in [6.07, 6.45) is 1.59. The van der Waals surface area contributed by atoms with E-state index in [0.29, 0.717) is 10.5 Å². The van der Waals surface area contributed by atoms with Crippen LogP contribution in [-0.4, -0.2) is 15.5 Å². The molecule has 0 bridgehead atoms. The molecule has 2 aromatic carbocycles. The van der Waals surface area contributed by atoms with E-state index in [1.165, 1.54) is 12.1 Å². The second kappa shape index (κ2) is 6.80. The minimum absolute atomic E-state index is 0.259. The number of nitrogens with zero attached hydrogens (tertiary/aromatic N) is 1. The lowest BCUT2D eigenvalue weighted by Crippen LogP contribution is -2.28. The van der Waals surface area contributed by atoms with E-state index in [9.17, 15) is 9.18 Å². The second-order valence-electron chi connectivity index (χ2n) is 5.40. The SMILES string of the molecule is CC(NC(=O)c1c[nH]c(=S)n1-c1ccccc1)c1ccc(F)cc1. The van der Waals surface area contributed by atoms with Crippen molar-refractivity contribution in [3.63, 3.8) is 0 Å². The molecule has 0 aliphatic rings. The fourth-order valence-electron chi connectivity index (χ4n) is 2.47. The molecule has 24 heavy (non-hydrogen) atoms. The zero-order valence-electron chi connectivity index (χ0n) is 13.0. The Hall–Kier alpha value is -2.73. The van der Waals surface area contributed by atoms with E-state index in [4.69, 9.17) is 12.2 Å². The van der Waals surface area contributed by atoms with E-state index >= 15 is 0 Å². The molecule has 0 saturated heterocycles. The molecular formula is C18H16FN3OS. The molecule has 0 aliphatic heterocycles. The number of nitrogens with one attached hydrogen (secondary N) is 2. The van der Waals surface area contributed by atoms with Gasteiger partial charge in [0.15, 0.2) is 4.77 Å². The third-order valence-corrected chi connectivity index (χ3v) is 4.04. The Morgan fingerprint density at radius 1 is 1.17 bits per heavy atom. The van der Waals surface area contributed by atoms with Crippen LogP contribution in [0, 0.1) is 10.6 Å². The van der Waals surface area contributed by atoms with Crippen molar-refractivity contribution in [3.05, 3.63) is 82.6 Å². The maximum atomic E-state index is 13.0. The number of imidazole rings is 1. The number of carbonyl (C=O) groups is 1. The van der Waals surface area contributed by atoms with Crippen LogP contribution in [0.25, 0.3) is 5.69 Å². The van der Waals surface area contributed by atoms with E-state index in [1.807, 2.05) is 37.3 Å². The summed E-state index contributed by atoms with van der Waals surface area (Å²) >= 11 is 5.28. The van der Waals surface area contributed by atoms with Gasteiger partial charge in [0.1, 0.15) is 11.5 Å². The van der Waals surface area contributed by atoms with Gasteiger partial charge in [0.2, 0.25) is 0 Å². The summed E-state index contributed by atoms with van der Waals surface area (Å²) in [7, 11) is 0. The Morgan fingerprint density at radius 3 is 2.50 bits per heavy atom. The van der Waals surface area contributed by atoms with Gasteiger partial charge in [0.25, 0.3) is 5.91 Å². The van der Waals surface area contributed by atoms with Crippen LogP contribution in [0.1, 0.15) is 29.0 Å². The summed E-state index contributed by atoms with van der Waals surface area (Å²) < 4.78 is 15.1. The highest BCUT2D eigenvalue weighted by molar-refractivity contribution is 7.71. The van der Waals surface area contributed by atoms with Gasteiger partial charge < -0.3 is 10.3 Å². The molecule has 2 N–H and O–H groups in total. The number of aromatic amines is 1. The van der Waals surface area contributed by atoms with Gasteiger partial charge in [0.05, 0.1) is 6.04 Å². The topological polar surface area (TPSA) is 49.8 Å². The first-order valence-corrected chi connectivity index (χ1v) is 7.89. The van der Waals surface area contributed by atoms with Crippen molar-refractivity contribution in [1.82, 2.24) is 14.9 Å². The van der Waals surface area contributed by atoms with E-state index < -0.39 is 0 Å². The highest BCUT2D eigenvalue weighted by Gasteiger charge is 2.17. The largest absolute Gasteiger partial charge is 0.344 e. The molecule has 1 aromatic heterocycles. The molecule has 0 fully saturated rings. The van der Waals surface area contributed by atoms with Gasteiger partial charge in [0, 0.05) is 11.9 Å². The predicted molar refractivity (Wildman–Crippen MR) is 93.2 cm³/mol. The summed E-state index contributed by atoms with van der Waals surface area (Å²) in [5, 5.41) is 2.91. The summed E-state index contributed by atoms with van der Waals surface area (Å²) in [6.45, 7) is 1.85. The summed E-state index contributed by atoms with van der Waals surface area (Å²) in [5.74, 6) is -0.566. The number of benzene rings is 2. The van der Waals surface area contributed by atoms with E-state index in [-0.39, 0.29) is 17.8 Å². The molecule has 1 unspecified atom stereocenters. The number of hydrogen-bond acceptors (Lipinski definition) is 2. The molecule has 1 heterocycles. The molecule has 6 heteroatoms. The van der Waals surface area contributed by atoms with Crippen LogP contribution in [0.2, 0.25) is 0 Å². The predicted octanol–water partition coefficient (Wildman–Crippen LogP) is 4.16. The molecule has 3 rings (SSSR count).